The van der Waals surface area contributed by atoms with Crippen molar-refractivity contribution in [1.82, 2.24) is 4.90 Å². The van der Waals surface area contributed by atoms with E-state index < -0.39 is 6.10 Å². The Morgan fingerprint density at radius 1 is 0.879 bits per heavy atom. The number of hydrogen-bond acceptors (Lipinski definition) is 5. The molecule has 0 radical (unpaired) electrons. The summed E-state index contributed by atoms with van der Waals surface area (Å²) in [6.45, 7) is 4.99. The third kappa shape index (κ3) is 4.91. The molecule has 6 heteroatoms. The fourth-order valence-corrected chi connectivity index (χ4v) is 4.51. The minimum absolute atomic E-state index is 0.105. The zero-order chi connectivity index (χ0) is 22.6. The Balaban J connectivity index is 1.12. The number of hydrogen-bond donors (Lipinski definition) is 1. The van der Waals surface area contributed by atoms with Gasteiger partial charge < -0.3 is 15.0 Å². The molecule has 1 N–H and O–H groups in total. The van der Waals surface area contributed by atoms with Crippen molar-refractivity contribution in [2.24, 2.45) is 0 Å². The Kier molecular flexibility index (Phi) is 6.09. The fourth-order valence-electron chi connectivity index (χ4n) is 4.51. The number of nitrogens with zero attached hydrogens (tertiary/aromatic N) is 2. The molecular formula is C27H27N3O3. The maximum Gasteiger partial charge on any atom is 0.339 e. The molecule has 2 aliphatic rings. The van der Waals surface area contributed by atoms with E-state index in [0.717, 1.165) is 49.7 Å². The number of anilines is 2. The van der Waals surface area contributed by atoms with E-state index in [-0.39, 0.29) is 18.3 Å². The van der Waals surface area contributed by atoms with Crippen molar-refractivity contribution in [2.45, 2.75) is 19.1 Å². The van der Waals surface area contributed by atoms with Gasteiger partial charge in [-0.05, 0) is 35.9 Å². The SMILES string of the molecule is O=C(CC1OC(=O)c2ccccc21)Nc1ccc(N2CCN(Cc3ccccc3)CC2)cc1. The Bertz CT molecular complexity index is 1120. The maximum atomic E-state index is 12.5. The first kappa shape index (κ1) is 21.2. The van der Waals surface area contributed by atoms with Crippen LogP contribution in [-0.4, -0.2) is 43.0 Å². The molecule has 0 aromatic heterocycles. The summed E-state index contributed by atoms with van der Waals surface area (Å²) in [5.41, 5.74) is 4.57. The van der Waals surface area contributed by atoms with Crippen molar-refractivity contribution >= 4 is 23.3 Å². The van der Waals surface area contributed by atoms with Crippen LogP contribution in [0.1, 0.15) is 34.0 Å². The second-order valence-electron chi connectivity index (χ2n) is 8.53. The zero-order valence-electron chi connectivity index (χ0n) is 18.4. The van der Waals surface area contributed by atoms with Crippen LogP contribution >= 0.6 is 0 Å². The third-order valence-corrected chi connectivity index (χ3v) is 6.29. The molecule has 168 valence electrons. The van der Waals surface area contributed by atoms with E-state index in [0.29, 0.717) is 5.56 Å². The lowest BCUT2D eigenvalue weighted by Gasteiger charge is -2.36. The van der Waals surface area contributed by atoms with E-state index in [2.05, 4.69) is 45.4 Å². The summed E-state index contributed by atoms with van der Waals surface area (Å²) in [4.78, 5) is 29.4. The van der Waals surface area contributed by atoms with Crippen molar-refractivity contribution < 1.29 is 14.3 Å². The molecule has 1 fully saturated rings. The van der Waals surface area contributed by atoms with Gasteiger partial charge in [0, 0.05) is 49.7 Å². The number of fused-ring (bicyclic) bond motifs is 1. The molecular weight excluding hydrogens is 414 g/mol. The van der Waals surface area contributed by atoms with Gasteiger partial charge >= 0.3 is 5.97 Å². The number of amides is 1. The number of esters is 1. The van der Waals surface area contributed by atoms with Gasteiger partial charge in [-0.25, -0.2) is 4.79 Å². The first-order valence-corrected chi connectivity index (χ1v) is 11.4. The van der Waals surface area contributed by atoms with Gasteiger partial charge in [-0.15, -0.1) is 0 Å². The second kappa shape index (κ2) is 9.46. The predicted octanol–water partition coefficient (Wildman–Crippen LogP) is 4.25. The molecule has 1 saturated heterocycles. The van der Waals surface area contributed by atoms with Crippen LogP contribution in [0.15, 0.2) is 78.9 Å². The summed E-state index contributed by atoms with van der Waals surface area (Å²) in [5.74, 6) is -0.539. The van der Waals surface area contributed by atoms with Crippen molar-refractivity contribution in [1.29, 1.82) is 0 Å². The van der Waals surface area contributed by atoms with Crippen molar-refractivity contribution in [2.75, 3.05) is 36.4 Å². The summed E-state index contributed by atoms with van der Waals surface area (Å²) < 4.78 is 5.37. The molecule has 6 nitrogen and oxygen atoms in total. The summed E-state index contributed by atoms with van der Waals surface area (Å²) >= 11 is 0. The zero-order valence-corrected chi connectivity index (χ0v) is 18.4. The van der Waals surface area contributed by atoms with E-state index in [1.165, 1.54) is 5.56 Å². The lowest BCUT2D eigenvalue weighted by atomic mass is 10.0. The summed E-state index contributed by atoms with van der Waals surface area (Å²) in [6, 6.07) is 25.8. The molecule has 5 rings (SSSR count). The molecule has 0 spiro atoms. The number of piperazine rings is 1. The van der Waals surface area contributed by atoms with Crippen LogP contribution in [0.5, 0.6) is 0 Å². The molecule has 1 unspecified atom stereocenters. The second-order valence-corrected chi connectivity index (χ2v) is 8.53. The highest BCUT2D eigenvalue weighted by atomic mass is 16.5. The monoisotopic (exact) mass is 441 g/mol. The Labute approximate surface area is 193 Å². The minimum Gasteiger partial charge on any atom is -0.453 e. The van der Waals surface area contributed by atoms with Gasteiger partial charge in [0.25, 0.3) is 0 Å². The van der Waals surface area contributed by atoms with Gasteiger partial charge in [-0.3, -0.25) is 9.69 Å². The van der Waals surface area contributed by atoms with Crippen molar-refractivity contribution in [3.05, 3.63) is 95.6 Å². The van der Waals surface area contributed by atoms with Gasteiger partial charge in [0.15, 0.2) is 0 Å². The highest BCUT2D eigenvalue weighted by Gasteiger charge is 2.32. The van der Waals surface area contributed by atoms with Crippen LogP contribution in [0.4, 0.5) is 11.4 Å². The highest BCUT2D eigenvalue weighted by Crippen LogP contribution is 2.33. The Morgan fingerprint density at radius 2 is 1.58 bits per heavy atom. The minimum atomic E-state index is -0.528. The predicted molar refractivity (Wildman–Crippen MR) is 128 cm³/mol. The molecule has 0 aliphatic carbocycles. The van der Waals surface area contributed by atoms with Gasteiger partial charge in [0.1, 0.15) is 6.10 Å². The van der Waals surface area contributed by atoms with Crippen molar-refractivity contribution in [3.8, 4) is 0 Å². The van der Waals surface area contributed by atoms with Crippen LogP contribution in [0, 0.1) is 0 Å². The molecule has 0 saturated carbocycles. The average Bonchev–Trinajstić information content (AvgIpc) is 3.16. The standard InChI is InChI=1S/C27H27N3O3/c31-26(18-25-23-8-4-5-9-24(23)27(32)33-25)28-21-10-12-22(13-11-21)30-16-14-29(15-17-30)19-20-6-2-1-3-7-20/h1-13,25H,14-19H2,(H,28,31). The Hall–Kier alpha value is -3.64. The van der Waals surface area contributed by atoms with Gasteiger partial charge in [0.05, 0.1) is 12.0 Å². The number of rotatable bonds is 6. The number of cyclic esters (lactones) is 1. The Morgan fingerprint density at radius 3 is 2.33 bits per heavy atom. The lowest BCUT2D eigenvalue weighted by Crippen LogP contribution is -2.45. The first-order chi connectivity index (χ1) is 16.2. The lowest BCUT2D eigenvalue weighted by molar-refractivity contribution is -0.118. The first-order valence-electron chi connectivity index (χ1n) is 11.4. The third-order valence-electron chi connectivity index (χ3n) is 6.29. The van der Waals surface area contributed by atoms with Gasteiger partial charge in [-0.2, -0.15) is 0 Å². The summed E-state index contributed by atoms with van der Waals surface area (Å²) in [6.07, 6.45) is -0.423. The molecule has 1 amide bonds. The number of benzene rings is 3. The van der Waals surface area contributed by atoms with Crippen LogP contribution in [-0.2, 0) is 16.1 Å². The van der Waals surface area contributed by atoms with Crippen LogP contribution in [0.25, 0.3) is 0 Å². The van der Waals surface area contributed by atoms with Gasteiger partial charge in [-0.1, -0.05) is 48.5 Å². The normalized spacial score (nSPS) is 18.0. The van der Waals surface area contributed by atoms with E-state index in [9.17, 15) is 9.59 Å². The molecule has 1 atom stereocenters. The van der Waals surface area contributed by atoms with Crippen molar-refractivity contribution in [3.63, 3.8) is 0 Å². The quantitative estimate of drug-likeness (QED) is 0.580. The molecule has 0 bridgehead atoms. The number of carbonyl (C=O) groups excluding carboxylic acids is 2. The molecule has 33 heavy (non-hydrogen) atoms. The van der Waals surface area contributed by atoms with Gasteiger partial charge in [0.2, 0.25) is 5.91 Å². The van der Waals surface area contributed by atoms with Crippen LogP contribution in [0.3, 0.4) is 0 Å². The number of ether oxygens (including phenoxy) is 1. The van der Waals surface area contributed by atoms with Crippen LogP contribution in [0.2, 0.25) is 0 Å². The fraction of sp³-hybridized carbons (Fsp3) is 0.259. The number of nitrogens with one attached hydrogen (secondary N) is 1. The topological polar surface area (TPSA) is 61.9 Å². The van der Waals surface area contributed by atoms with E-state index in [1.807, 2.05) is 36.4 Å². The molecule has 3 aromatic rings. The highest BCUT2D eigenvalue weighted by molar-refractivity contribution is 5.96. The van der Waals surface area contributed by atoms with E-state index in [1.54, 1.807) is 12.1 Å². The number of carbonyl (C=O) groups is 2. The van der Waals surface area contributed by atoms with Crippen LogP contribution < -0.4 is 10.2 Å². The molecule has 3 aromatic carbocycles. The maximum absolute atomic E-state index is 12.5. The summed E-state index contributed by atoms with van der Waals surface area (Å²) in [5, 5.41) is 2.92. The average molecular weight is 442 g/mol. The largest absolute Gasteiger partial charge is 0.453 e. The summed E-state index contributed by atoms with van der Waals surface area (Å²) in [7, 11) is 0. The molecule has 2 heterocycles. The smallest absolute Gasteiger partial charge is 0.339 e. The van der Waals surface area contributed by atoms with E-state index >= 15 is 0 Å². The molecule has 2 aliphatic heterocycles. The van der Waals surface area contributed by atoms with E-state index in [4.69, 9.17) is 4.74 Å².